The fourth-order valence-corrected chi connectivity index (χ4v) is 9.42. The number of thiophene rings is 3. The van der Waals surface area contributed by atoms with E-state index >= 15 is 0 Å². The fourth-order valence-electron chi connectivity index (χ4n) is 5.91. The molecule has 4 nitrogen and oxygen atoms in total. The van der Waals surface area contributed by atoms with Gasteiger partial charge < -0.3 is 18.9 Å². The van der Waals surface area contributed by atoms with Crippen LogP contribution in [0.2, 0.25) is 0 Å². The summed E-state index contributed by atoms with van der Waals surface area (Å²) in [4.78, 5) is 3.58. The molecule has 5 aromatic rings. The van der Waals surface area contributed by atoms with Crippen LogP contribution in [0.25, 0.3) is 41.4 Å². The highest BCUT2D eigenvalue weighted by Crippen LogP contribution is 2.64. The van der Waals surface area contributed by atoms with Crippen molar-refractivity contribution in [2.45, 2.75) is 11.6 Å². The lowest BCUT2D eigenvalue weighted by Crippen LogP contribution is -2.30. The van der Waals surface area contributed by atoms with Gasteiger partial charge in [-0.2, -0.15) is 0 Å². The predicted octanol–water partition coefficient (Wildman–Crippen LogP) is 7.64. The Labute approximate surface area is 215 Å². The van der Waals surface area contributed by atoms with Crippen molar-refractivity contribution < 1.29 is 18.9 Å². The van der Waals surface area contributed by atoms with E-state index in [-0.39, 0.29) is 0 Å². The first-order valence-corrected chi connectivity index (χ1v) is 13.8. The number of methoxy groups -OCH3 is 4. The largest absolute Gasteiger partial charge is 0.345 e. The first kappa shape index (κ1) is 21.9. The Hall–Kier alpha value is -2.36. The maximum Gasteiger partial charge on any atom is 0.225 e. The molecule has 0 radical (unpaired) electrons. The van der Waals surface area contributed by atoms with Crippen molar-refractivity contribution in [2.75, 3.05) is 28.4 Å². The topological polar surface area (TPSA) is 36.9 Å². The second kappa shape index (κ2) is 7.57. The Morgan fingerprint density at radius 2 is 1.23 bits per heavy atom. The lowest BCUT2D eigenvalue weighted by atomic mass is 9.90. The van der Waals surface area contributed by atoms with Gasteiger partial charge in [0.1, 0.15) is 0 Å². The van der Waals surface area contributed by atoms with E-state index in [0.29, 0.717) is 0 Å². The Bertz CT molecular complexity index is 1600. The molecular weight excluding hydrogens is 497 g/mol. The van der Waals surface area contributed by atoms with E-state index in [1.54, 1.807) is 62.4 Å². The van der Waals surface area contributed by atoms with Crippen molar-refractivity contribution in [1.29, 1.82) is 0 Å². The van der Waals surface area contributed by atoms with E-state index < -0.39 is 11.6 Å². The Kier molecular flexibility index (Phi) is 4.73. The molecule has 2 aliphatic rings. The van der Waals surface area contributed by atoms with E-state index in [4.69, 9.17) is 18.9 Å². The zero-order valence-corrected chi connectivity index (χ0v) is 22.1. The van der Waals surface area contributed by atoms with E-state index in [2.05, 4.69) is 59.3 Å². The number of hydrogen-bond acceptors (Lipinski definition) is 7. The van der Waals surface area contributed by atoms with Crippen LogP contribution in [0.4, 0.5) is 0 Å². The van der Waals surface area contributed by atoms with Gasteiger partial charge in [-0.25, -0.2) is 0 Å². The second-order valence-corrected chi connectivity index (χ2v) is 11.5. The zero-order valence-electron chi connectivity index (χ0n) is 19.6. The highest BCUT2D eigenvalue weighted by molar-refractivity contribution is 7.26. The van der Waals surface area contributed by atoms with Crippen molar-refractivity contribution in [3.8, 4) is 31.3 Å². The molecule has 0 unspecified atom stereocenters. The van der Waals surface area contributed by atoms with Crippen LogP contribution in [0.1, 0.15) is 22.3 Å². The number of hydrogen-bond donors (Lipinski definition) is 0. The summed E-state index contributed by atoms with van der Waals surface area (Å²) >= 11 is 5.24. The molecule has 2 aromatic carbocycles. The fraction of sp³-hybridized carbons (Fsp3) is 0.214. The molecule has 0 saturated heterocycles. The monoisotopic (exact) mass is 518 g/mol. The molecule has 0 aliphatic heterocycles. The van der Waals surface area contributed by atoms with Gasteiger partial charge in [0.15, 0.2) is 0 Å². The SMILES string of the molecule is COC1(OC)c2ccsc2-c2cc(-c3ccccc3)c3c4c(sc3c21)-c1sccc1C4(OC)OC. The van der Waals surface area contributed by atoms with Crippen molar-refractivity contribution in [2.24, 2.45) is 0 Å². The summed E-state index contributed by atoms with van der Waals surface area (Å²) < 4.78 is 26.0. The van der Waals surface area contributed by atoms with Gasteiger partial charge in [0.05, 0.1) is 9.75 Å². The minimum Gasteiger partial charge on any atom is -0.345 e. The van der Waals surface area contributed by atoms with Crippen molar-refractivity contribution >= 4 is 44.1 Å². The summed E-state index contributed by atoms with van der Waals surface area (Å²) in [6, 6.07) is 17.1. The smallest absolute Gasteiger partial charge is 0.225 e. The summed E-state index contributed by atoms with van der Waals surface area (Å²) in [5, 5.41) is 5.36. The van der Waals surface area contributed by atoms with Crippen LogP contribution in [0.15, 0.2) is 59.3 Å². The average molecular weight is 519 g/mol. The average Bonchev–Trinajstić information content (AvgIpc) is 3.69. The molecule has 0 fully saturated rings. The molecule has 176 valence electrons. The Morgan fingerprint density at radius 1 is 0.629 bits per heavy atom. The van der Waals surface area contributed by atoms with Crippen LogP contribution in [-0.4, -0.2) is 28.4 Å². The molecule has 0 atom stereocenters. The zero-order chi connectivity index (χ0) is 23.9. The summed E-state index contributed by atoms with van der Waals surface area (Å²) in [7, 11) is 6.91. The lowest BCUT2D eigenvalue weighted by Gasteiger charge is -2.30. The van der Waals surface area contributed by atoms with Gasteiger partial charge in [0, 0.05) is 71.2 Å². The molecule has 0 spiro atoms. The lowest BCUT2D eigenvalue weighted by molar-refractivity contribution is -0.180. The minimum atomic E-state index is -0.965. The number of benzene rings is 2. The summed E-state index contributed by atoms with van der Waals surface area (Å²) in [6.45, 7) is 0. The van der Waals surface area contributed by atoms with Gasteiger partial charge in [-0.05, 0) is 40.1 Å². The van der Waals surface area contributed by atoms with Crippen LogP contribution in [0.3, 0.4) is 0 Å². The first-order chi connectivity index (χ1) is 17.1. The van der Waals surface area contributed by atoms with Crippen LogP contribution < -0.4 is 0 Å². The molecule has 0 N–H and O–H groups in total. The van der Waals surface area contributed by atoms with Crippen LogP contribution >= 0.6 is 34.0 Å². The second-order valence-electron chi connectivity index (χ2n) is 8.60. The highest BCUT2D eigenvalue weighted by atomic mass is 32.1. The van der Waals surface area contributed by atoms with Crippen molar-refractivity contribution in [1.82, 2.24) is 0 Å². The predicted molar refractivity (Wildman–Crippen MR) is 143 cm³/mol. The van der Waals surface area contributed by atoms with E-state index in [0.717, 1.165) is 49.0 Å². The maximum atomic E-state index is 6.22. The normalized spacial score (nSPS) is 16.3. The van der Waals surface area contributed by atoms with E-state index in [1.165, 1.54) is 14.6 Å². The summed E-state index contributed by atoms with van der Waals surface area (Å²) in [6.07, 6.45) is 0. The molecule has 7 rings (SSSR count). The third-order valence-electron chi connectivity index (χ3n) is 7.35. The standard InChI is InChI=1S/C28H22O4S3/c1-29-27(30-2)18-10-12-33-23(18)17-14-16(15-8-6-5-7-9-15)20-22-26(35-25(20)21(17)27)24-19(11-13-34-24)28(22,31-3)32-4/h5-14H,1-4H3. The third kappa shape index (κ3) is 2.49. The van der Waals surface area contributed by atoms with Gasteiger partial charge in [0.25, 0.3) is 0 Å². The van der Waals surface area contributed by atoms with Gasteiger partial charge in [-0.3, -0.25) is 0 Å². The van der Waals surface area contributed by atoms with Gasteiger partial charge in [-0.15, -0.1) is 34.0 Å². The molecule has 7 heteroatoms. The van der Waals surface area contributed by atoms with E-state index in [1.807, 2.05) is 0 Å². The summed E-state index contributed by atoms with van der Waals surface area (Å²) in [5.41, 5.74) is 7.75. The van der Waals surface area contributed by atoms with E-state index in [9.17, 15) is 0 Å². The molecule has 2 aliphatic carbocycles. The van der Waals surface area contributed by atoms with Crippen molar-refractivity contribution in [3.05, 3.63) is 81.5 Å². The molecule has 3 heterocycles. The van der Waals surface area contributed by atoms with Gasteiger partial charge in [0.2, 0.25) is 11.6 Å². The van der Waals surface area contributed by atoms with Crippen LogP contribution in [0, 0.1) is 0 Å². The van der Waals surface area contributed by atoms with Gasteiger partial charge >= 0.3 is 0 Å². The van der Waals surface area contributed by atoms with Crippen molar-refractivity contribution in [3.63, 3.8) is 0 Å². The van der Waals surface area contributed by atoms with Crippen LogP contribution in [0.5, 0.6) is 0 Å². The molecule has 0 saturated carbocycles. The van der Waals surface area contributed by atoms with Gasteiger partial charge in [-0.1, -0.05) is 30.3 Å². The quantitative estimate of drug-likeness (QED) is 0.224. The number of fused-ring (bicyclic) bond motifs is 9. The maximum absolute atomic E-state index is 6.22. The third-order valence-corrected chi connectivity index (χ3v) is 10.6. The first-order valence-electron chi connectivity index (χ1n) is 11.2. The van der Waals surface area contributed by atoms with Crippen LogP contribution in [-0.2, 0) is 30.5 Å². The Morgan fingerprint density at radius 3 is 1.89 bits per heavy atom. The molecule has 0 amide bonds. The summed E-state index contributed by atoms with van der Waals surface area (Å²) in [5.74, 6) is -1.93. The minimum absolute atomic E-state index is 0.961. The number of rotatable bonds is 5. The Balaban J connectivity index is 1.70. The number of ether oxygens (including phenoxy) is 4. The molecule has 35 heavy (non-hydrogen) atoms. The molecule has 0 bridgehead atoms. The molecule has 3 aromatic heterocycles. The molecular formula is C28H22O4S3. The highest BCUT2D eigenvalue weighted by Gasteiger charge is 2.52.